The molecule has 1 rings (SSSR count). The van der Waals surface area contributed by atoms with Crippen LogP contribution >= 0.6 is 0 Å². The topological polar surface area (TPSA) is 9.23 Å². The van der Waals surface area contributed by atoms with Crippen molar-refractivity contribution in [1.29, 1.82) is 0 Å². The molecule has 60 valence electrons. The van der Waals surface area contributed by atoms with E-state index < -0.39 is 0 Å². The first-order valence-electron chi connectivity index (χ1n) is 4.40. The molecule has 0 aromatic heterocycles. The van der Waals surface area contributed by atoms with Gasteiger partial charge < -0.3 is 4.43 Å². The predicted molar refractivity (Wildman–Crippen MR) is 47.0 cm³/mol. The molecule has 2 heteroatoms. The molecule has 0 aromatic rings. The van der Waals surface area contributed by atoms with E-state index in [1.54, 1.807) is 0 Å². The van der Waals surface area contributed by atoms with Crippen molar-refractivity contribution in [3.63, 3.8) is 0 Å². The molecular formula is C8H18OSi. The lowest BCUT2D eigenvalue weighted by Crippen LogP contribution is -2.11. The minimum atomic E-state index is -0.160. The third-order valence-corrected chi connectivity index (χ3v) is 4.29. The Morgan fingerprint density at radius 2 is 1.90 bits per heavy atom. The Kier molecular flexibility index (Phi) is 3.42. The highest BCUT2D eigenvalue weighted by Gasteiger charge is 2.15. The van der Waals surface area contributed by atoms with Crippen LogP contribution in [0.3, 0.4) is 0 Å². The summed E-state index contributed by atoms with van der Waals surface area (Å²) in [4.78, 5) is 0. The summed E-state index contributed by atoms with van der Waals surface area (Å²) in [5, 5.41) is 0. The Balaban J connectivity index is 2.01. The fourth-order valence-corrected chi connectivity index (χ4v) is 3.07. The highest BCUT2D eigenvalue weighted by Crippen LogP contribution is 2.29. The number of hydrogen-bond donors (Lipinski definition) is 0. The van der Waals surface area contributed by atoms with E-state index in [0.717, 1.165) is 5.54 Å². The van der Waals surface area contributed by atoms with Gasteiger partial charge in [0.2, 0.25) is 0 Å². The van der Waals surface area contributed by atoms with E-state index in [2.05, 4.69) is 13.8 Å². The lowest BCUT2D eigenvalue weighted by atomic mass is 10.4. The first kappa shape index (κ1) is 8.28. The summed E-state index contributed by atoms with van der Waals surface area (Å²) in [6.07, 6.45) is 6.31. The van der Waals surface area contributed by atoms with Crippen molar-refractivity contribution in [2.75, 3.05) is 0 Å². The van der Waals surface area contributed by atoms with Gasteiger partial charge in [-0.25, -0.2) is 0 Å². The van der Waals surface area contributed by atoms with Gasteiger partial charge in [0.15, 0.2) is 9.76 Å². The number of rotatable bonds is 3. The lowest BCUT2D eigenvalue weighted by Gasteiger charge is -2.11. The molecule has 1 nitrogen and oxygen atoms in total. The maximum Gasteiger partial charge on any atom is 0.164 e. The second-order valence-corrected chi connectivity index (χ2v) is 5.35. The molecule has 0 amide bonds. The molecule has 0 heterocycles. The highest BCUT2D eigenvalue weighted by atomic mass is 28.2. The van der Waals surface area contributed by atoms with Crippen LogP contribution in [0, 0.1) is 0 Å². The van der Waals surface area contributed by atoms with E-state index >= 15 is 0 Å². The van der Waals surface area contributed by atoms with E-state index in [-0.39, 0.29) is 9.76 Å². The molecule has 1 aliphatic carbocycles. The quantitative estimate of drug-likeness (QED) is 0.570. The van der Waals surface area contributed by atoms with Gasteiger partial charge in [0.25, 0.3) is 0 Å². The molecule has 0 radical (unpaired) electrons. The van der Waals surface area contributed by atoms with Crippen molar-refractivity contribution < 1.29 is 4.43 Å². The van der Waals surface area contributed by atoms with Gasteiger partial charge in [0.1, 0.15) is 0 Å². The third kappa shape index (κ3) is 2.84. The second-order valence-electron chi connectivity index (χ2n) is 3.53. The van der Waals surface area contributed by atoms with Crippen LogP contribution in [0.4, 0.5) is 0 Å². The van der Waals surface area contributed by atoms with E-state index in [4.69, 9.17) is 4.43 Å². The van der Waals surface area contributed by atoms with Gasteiger partial charge in [0.05, 0.1) is 0 Å². The van der Waals surface area contributed by atoms with E-state index in [1.165, 1.54) is 25.7 Å². The fourth-order valence-electron chi connectivity index (χ4n) is 1.51. The Bertz CT molecular complexity index is 87.3. The van der Waals surface area contributed by atoms with Crippen LogP contribution in [0.1, 0.15) is 39.5 Å². The molecule has 0 spiro atoms. The van der Waals surface area contributed by atoms with Gasteiger partial charge in [-0.05, 0) is 19.4 Å². The Hall–Kier alpha value is 0.177. The largest absolute Gasteiger partial charge is 0.421 e. The SMILES string of the molecule is CC(C)O[SiH2]C1CCCC1. The minimum absolute atomic E-state index is 0.160. The van der Waals surface area contributed by atoms with Crippen molar-refractivity contribution in [3.05, 3.63) is 0 Å². The molecule has 0 atom stereocenters. The highest BCUT2D eigenvalue weighted by molar-refractivity contribution is 6.29. The van der Waals surface area contributed by atoms with Crippen molar-refractivity contribution in [2.24, 2.45) is 0 Å². The predicted octanol–water partition coefficient (Wildman–Crippen LogP) is 1.86. The van der Waals surface area contributed by atoms with Crippen LogP contribution in [-0.2, 0) is 4.43 Å². The zero-order chi connectivity index (χ0) is 7.40. The monoisotopic (exact) mass is 158 g/mol. The van der Waals surface area contributed by atoms with Gasteiger partial charge in [-0.15, -0.1) is 0 Å². The lowest BCUT2D eigenvalue weighted by molar-refractivity contribution is 0.250. The smallest absolute Gasteiger partial charge is 0.164 e. The van der Waals surface area contributed by atoms with Crippen molar-refractivity contribution in [1.82, 2.24) is 0 Å². The Morgan fingerprint density at radius 3 is 2.40 bits per heavy atom. The zero-order valence-corrected chi connectivity index (χ0v) is 8.51. The van der Waals surface area contributed by atoms with Crippen LogP contribution < -0.4 is 0 Å². The van der Waals surface area contributed by atoms with Gasteiger partial charge in [-0.1, -0.05) is 25.7 Å². The van der Waals surface area contributed by atoms with Crippen LogP contribution in [0.5, 0.6) is 0 Å². The molecule has 0 aromatic carbocycles. The minimum Gasteiger partial charge on any atom is -0.421 e. The fraction of sp³-hybridized carbons (Fsp3) is 1.00. The molecule has 0 saturated heterocycles. The molecule has 1 saturated carbocycles. The first-order chi connectivity index (χ1) is 4.79. The summed E-state index contributed by atoms with van der Waals surface area (Å²) in [5.74, 6) is 0. The summed E-state index contributed by atoms with van der Waals surface area (Å²) in [5.41, 5.74) is 1.02. The molecular weight excluding hydrogens is 140 g/mol. The molecule has 0 aliphatic heterocycles. The van der Waals surface area contributed by atoms with Gasteiger partial charge in [-0.3, -0.25) is 0 Å². The van der Waals surface area contributed by atoms with E-state index in [0.29, 0.717) is 6.10 Å². The van der Waals surface area contributed by atoms with E-state index in [1.807, 2.05) is 0 Å². The molecule has 0 N–H and O–H groups in total. The zero-order valence-electron chi connectivity index (χ0n) is 7.10. The molecule has 1 aliphatic rings. The van der Waals surface area contributed by atoms with Gasteiger partial charge in [-0.2, -0.15) is 0 Å². The van der Waals surface area contributed by atoms with Crippen LogP contribution in [-0.4, -0.2) is 15.9 Å². The summed E-state index contributed by atoms with van der Waals surface area (Å²) in [6.45, 7) is 4.28. The first-order valence-corrected chi connectivity index (χ1v) is 5.80. The van der Waals surface area contributed by atoms with Crippen molar-refractivity contribution >= 4 is 9.76 Å². The summed E-state index contributed by atoms with van der Waals surface area (Å²) in [7, 11) is -0.160. The average molecular weight is 158 g/mol. The molecule has 0 bridgehead atoms. The van der Waals surface area contributed by atoms with Crippen LogP contribution in [0.2, 0.25) is 5.54 Å². The average Bonchev–Trinajstić information content (AvgIpc) is 2.34. The Labute approximate surface area is 66.1 Å². The summed E-state index contributed by atoms with van der Waals surface area (Å²) in [6, 6.07) is 0. The normalized spacial score (nSPS) is 21.9. The standard InChI is InChI=1S/C8H18OSi/c1-7(2)9-10-8-5-3-4-6-8/h7-8H,3-6,10H2,1-2H3. The van der Waals surface area contributed by atoms with Crippen molar-refractivity contribution in [2.45, 2.75) is 51.2 Å². The third-order valence-electron chi connectivity index (χ3n) is 2.14. The van der Waals surface area contributed by atoms with Gasteiger partial charge >= 0.3 is 0 Å². The van der Waals surface area contributed by atoms with Gasteiger partial charge in [0, 0.05) is 6.10 Å². The molecule has 1 fully saturated rings. The summed E-state index contributed by atoms with van der Waals surface area (Å²) >= 11 is 0. The maximum atomic E-state index is 5.66. The van der Waals surface area contributed by atoms with Crippen LogP contribution in [0.25, 0.3) is 0 Å². The second kappa shape index (κ2) is 4.14. The molecule has 10 heavy (non-hydrogen) atoms. The Morgan fingerprint density at radius 1 is 1.30 bits per heavy atom. The summed E-state index contributed by atoms with van der Waals surface area (Å²) < 4.78 is 5.66. The van der Waals surface area contributed by atoms with Crippen LogP contribution in [0.15, 0.2) is 0 Å². The number of hydrogen-bond acceptors (Lipinski definition) is 1. The van der Waals surface area contributed by atoms with E-state index in [9.17, 15) is 0 Å². The molecule has 0 unspecified atom stereocenters. The van der Waals surface area contributed by atoms with Crippen molar-refractivity contribution in [3.8, 4) is 0 Å². The maximum absolute atomic E-state index is 5.66.